The molecule has 0 fully saturated rings. The lowest BCUT2D eigenvalue weighted by atomic mass is 9.85. The molecule has 7 heteroatoms. The first-order chi connectivity index (χ1) is 15.3. The number of benzene rings is 1. The SMILES string of the molecule is CC[C@](C)(O)c1cc2n(c(=O)c1COC=O)Cc1c-2nc2cc(P)c(C)c3c2c1CCC3. The first-order valence-electron chi connectivity index (χ1n) is 11.1. The number of hydrogen-bond donors (Lipinski definition) is 1. The van der Waals surface area contributed by atoms with Crippen LogP contribution in [0.2, 0.25) is 0 Å². The molecule has 0 spiro atoms. The third-order valence-corrected chi connectivity index (χ3v) is 7.90. The van der Waals surface area contributed by atoms with Gasteiger partial charge in [0, 0.05) is 10.9 Å². The maximum absolute atomic E-state index is 13.5. The van der Waals surface area contributed by atoms with Crippen molar-refractivity contribution < 1.29 is 14.6 Å². The molecule has 2 atom stereocenters. The van der Waals surface area contributed by atoms with Gasteiger partial charge in [0.25, 0.3) is 12.0 Å². The number of nitrogens with zero attached hydrogens (tertiary/aromatic N) is 2. The van der Waals surface area contributed by atoms with E-state index in [4.69, 9.17) is 9.72 Å². The van der Waals surface area contributed by atoms with Crippen LogP contribution in [0.3, 0.4) is 0 Å². The second kappa shape index (κ2) is 7.50. The van der Waals surface area contributed by atoms with Gasteiger partial charge in [0.05, 0.1) is 34.6 Å². The average Bonchev–Trinajstić information content (AvgIpc) is 3.15. The summed E-state index contributed by atoms with van der Waals surface area (Å²) in [7, 11) is 2.82. The molecule has 1 aliphatic carbocycles. The standard InChI is InChI=1S/C25H27N2O4P/c1-4-25(3,30)18-8-20-23-16(10-27(20)24(29)17(18)11-31-12-28)15-7-5-6-14-13(2)21(32)9-19(26-23)22(14)15/h8-9,12,30H,4-7,10-11,32H2,1-3H3/t25-/m0/s1. The molecule has 3 aromatic rings. The van der Waals surface area contributed by atoms with E-state index in [9.17, 15) is 14.7 Å². The van der Waals surface area contributed by atoms with Crippen LogP contribution in [-0.2, 0) is 41.1 Å². The molecular formula is C25H27N2O4P. The average molecular weight is 450 g/mol. The maximum atomic E-state index is 13.5. The van der Waals surface area contributed by atoms with E-state index in [-0.39, 0.29) is 12.2 Å². The van der Waals surface area contributed by atoms with Gasteiger partial charge in [-0.3, -0.25) is 9.59 Å². The second-order valence-corrected chi connectivity index (χ2v) is 9.70. The van der Waals surface area contributed by atoms with Gasteiger partial charge in [-0.05, 0) is 79.2 Å². The fraction of sp³-hybridized carbons (Fsp3) is 0.400. The van der Waals surface area contributed by atoms with Crippen LogP contribution in [0.1, 0.15) is 60.1 Å². The van der Waals surface area contributed by atoms with Gasteiger partial charge in [0.1, 0.15) is 6.61 Å². The molecule has 32 heavy (non-hydrogen) atoms. The smallest absolute Gasteiger partial charge is 0.293 e. The third-order valence-electron chi connectivity index (χ3n) is 7.30. The molecular weight excluding hydrogens is 423 g/mol. The van der Waals surface area contributed by atoms with Crippen LogP contribution in [0.5, 0.6) is 0 Å². The van der Waals surface area contributed by atoms with Crippen molar-refractivity contribution in [2.45, 2.75) is 65.2 Å². The zero-order valence-corrected chi connectivity index (χ0v) is 19.8. The van der Waals surface area contributed by atoms with Gasteiger partial charge in [-0.25, -0.2) is 4.98 Å². The Morgan fingerprint density at radius 1 is 1.28 bits per heavy atom. The fourth-order valence-electron chi connectivity index (χ4n) is 5.29. The summed E-state index contributed by atoms with van der Waals surface area (Å²) in [6.07, 6.45) is 3.51. The van der Waals surface area contributed by atoms with Crippen molar-refractivity contribution in [3.8, 4) is 11.4 Å². The summed E-state index contributed by atoms with van der Waals surface area (Å²) in [4.78, 5) is 29.4. The Bertz CT molecular complexity index is 1360. The Morgan fingerprint density at radius 3 is 2.75 bits per heavy atom. The molecule has 0 amide bonds. The minimum absolute atomic E-state index is 0.160. The monoisotopic (exact) mass is 450 g/mol. The van der Waals surface area contributed by atoms with Crippen molar-refractivity contribution in [3.05, 3.63) is 55.9 Å². The predicted octanol–water partition coefficient (Wildman–Crippen LogP) is 3.01. The van der Waals surface area contributed by atoms with Gasteiger partial charge in [-0.2, -0.15) is 0 Å². The molecule has 2 aromatic heterocycles. The van der Waals surface area contributed by atoms with E-state index >= 15 is 0 Å². The van der Waals surface area contributed by atoms with Crippen molar-refractivity contribution in [2.75, 3.05) is 0 Å². The first kappa shape index (κ1) is 21.3. The van der Waals surface area contributed by atoms with Crippen LogP contribution in [-0.4, -0.2) is 21.1 Å². The summed E-state index contributed by atoms with van der Waals surface area (Å²) in [6, 6.07) is 3.98. The van der Waals surface area contributed by atoms with Crippen molar-refractivity contribution >= 4 is 31.9 Å². The van der Waals surface area contributed by atoms with E-state index < -0.39 is 5.60 Å². The topological polar surface area (TPSA) is 81.4 Å². The van der Waals surface area contributed by atoms with Gasteiger partial charge >= 0.3 is 0 Å². The Labute approximate surface area is 188 Å². The number of fused-ring (bicyclic) bond motifs is 4. The van der Waals surface area contributed by atoms with E-state index in [0.717, 1.165) is 47.0 Å². The summed E-state index contributed by atoms with van der Waals surface area (Å²) < 4.78 is 6.67. The molecule has 1 N–H and O–H groups in total. The highest BCUT2D eigenvalue weighted by Gasteiger charge is 2.34. The lowest BCUT2D eigenvalue weighted by molar-refractivity contribution is -0.129. The van der Waals surface area contributed by atoms with Crippen molar-refractivity contribution in [1.82, 2.24) is 9.55 Å². The zero-order valence-electron chi connectivity index (χ0n) is 18.6. The van der Waals surface area contributed by atoms with E-state index in [1.54, 1.807) is 11.5 Å². The summed E-state index contributed by atoms with van der Waals surface area (Å²) >= 11 is 0. The summed E-state index contributed by atoms with van der Waals surface area (Å²) in [5, 5.41) is 13.4. The molecule has 0 saturated heterocycles. The molecule has 6 nitrogen and oxygen atoms in total. The minimum Gasteiger partial charge on any atom is -0.463 e. The van der Waals surface area contributed by atoms with Crippen LogP contribution >= 0.6 is 9.24 Å². The van der Waals surface area contributed by atoms with Gasteiger partial charge in [0.2, 0.25) is 0 Å². The third kappa shape index (κ3) is 2.96. The van der Waals surface area contributed by atoms with Gasteiger partial charge in [-0.15, -0.1) is 9.24 Å². The quantitative estimate of drug-likeness (QED) is 0.374. The van der Waals surface area contributed by atoms with Crippen molar-refractivity contribution in [1.29, 1.82) is 0 Å². The Balaban J connectivity index is 1.82. The van der Waals surface area contributed by atoms with Gasteiger partial charge in [0.15, 0.2) is 0 Å². The summed E-state index contributed by atoms with van der Waals surface area (Å²) in [5.41, 5.74) is 6.92. The number of aliphatic hydroxyl groups is 1. The fourth-order valence-corrected chi connectivity index (χ4v) is 5.62. The van der Waals surface area contributed by atoms with E-state index in [0.29, 0.717) is 30.6 Å². The van der Waals surface area contributed by atoms with Crippen LogP contribution in [0.15, 0.2) is 16.9 Å². The molecule has 1 unspecified atom stereocenters. The van der Waals surface area contributed by atoms with Gasteiger partial charge in [-0.1, -0.05) is 6.92 Å². The van der Waals surface area contributed by atoms with Crippen LogP contribution in [0, 0.1) is 6.92 Å². The molecule has 3 heterocycles. The summed E-state index contributed by atoms with van der Waals surface area (Å²) in [6.45, 7) is 6.34. The lowest BCUT2D eigenvalue weighted by Crippen LogP contribution is -2.31. The second-order valence-electron chi connectivity index (χ2n) is 9.08. The Hall–Kier alpha value is -2.56. The molecule has 2 aliphatic rings. The first-order valence-corrected chi connectivity index (χ1v) is 11.6. The lowest BCUT2D eigenvalue weighted by Gasteiger charge is -2.25. The largest absolute Gasteiger partial charge is 0.463 e. The number of aromatic nitrogens is 2. The molecule has 0 bridgehead atoms. The highest BCUT2D eigenvalue weighted by molar-refractivity contribution is 7.27. The number of carbonyl (C=O) groups is 1. The predicted molar refractivity (Wildman–Crippen MR) is 127 cm³/mol. The van der Waals surface area contributed by atoms with Gasteiger partial charge < -0.3 is 14.4 Å². The number of pyridine rings is 2. The number of rotatable bonds is 5. The molecule has 0 radical (unpaired) electrons. The zero-order chi connectivity index (χ0) is 22.8. The highest BCUT2D eigenvalue weighted by atomic mass is 31.0. The Morgan fingerprint density at radius 2 is 2.03 bits per heavy atom. The van der Waals surface area contributed by atoms with Crippen molar-refractivity contribution in [2.24, 2.45) is 0 Å². The summed E-state index contributed by atoms with van der Waals surface area (Å²) in [5.74, 6) is 0. The van der Waals surface area contributed by atoms with E-state index in [1.165, 1.54) is 22.1 Å². The maximum Gasteiger partial charge on any atom is 0.293 e. The highest BCUT2D eigenvalue weighted by Crippen LogP contribution is 2.41. The van der Waals surface area contributed by atoms with E-state index in [2.05, 4.69) is 22.2 Å². The number of carbonyl (C=O) groups excluding carboxylic acids is 1. The van der Waals surface area contributed by atoms with Crippen molar-refractivity contribution in [3.63, 3.8) is 0 Å². The van der Waals surface area contributed by atoms with Crippen LogP contribution < -0.4 is 10.9 Å². The molecule has 0 saturated carbocycles. The Kier molecular flexibility index (Phi) is 4.99. The number of aryl methyl sites for hydroxylation is 2. The minimum atomic E-state index is -1.22. The molecule has 166 valence electrons. The molecule has 1 aromatic carbocycles. The van der Waals surface area contributed by atoms with Crippen LogP contribution in [0.25, 0.3) is 22.3 Å². The molecule has 5 rings (SSSR count). The van der Waals surface area contributed by atoms with Crippen LogP contribution in [0.4, 0.5) is 0 Å². The van der Waals surface area contributed by atoms with E-state index in [1.807, 2.05) is 13.0 Å². The number of ether oxygens (including phenoxy) is 1. The normalized spacial score (nSPS) is 15.9. The molecule has 1 aliphatic heterocycles. The number of hydrogen-bond acceptors (Lipinski definition) is 5.